The summed E-state index contributed by atoms with van der Waals surface area (Å²) in [4.78, 5) is 14.8. The number of piperidine rings is 1. The third kappa shape index (κ3) is 5.73. The van der Waals surface area contributed by atoms with Crippen LogP contribution in [0.5, 0.6) is 11.5 Å². The summed E-state index contributed by atoms with van der Waals surface area (Å²) in [6.45, 7) is 5.19. The highest BCUT2D eigenvalue weighted by molar-refractivity contribution is 5.76. The Morgan fingerprint density at radius 1 is 0.862 bits per heavy atom. The number of ether oxygens (including phenoxy) is 2. The van der Waals surface area contributed by atoms with Crippen LogP contribution in [0.3, 0.4) is 0 Å². The number of benzene rings is 2. The van der Waals surface area contributed by atoms with Gasteiger partial charge in [-0.3, -0.25) is 9.69 Å². The lowest BCUT2D eigenvalue weighted by atomic mass is 10.1. The van der Waals surface area contributed by atoms with E-state index in [0.29, 0.717) is 32.6 Å². The predicted molar refractivity (Wildman–Crippen MR) is 113 cm³/mol. The van der Waals surface area contributed by atoms with Crippen LogP contribution in [0, 0.1) is 0 Å². The van der Waals surface area contributed by atoms with Crippen molar-refractivity contribution in [1.29, 1.82) is 0 Å². The first-order chi connectivity index (χ1) is 14.3. The Morgan fingerprint density at radius 3 is 2.34 bits per heavy atom. The van der Waals surface area contributed by atoms with Gasteiger partial charge in [0, 0.05) is 19.5 Å². The number of fused-ring (bicyclic) bond motifs is 1. The van der Waals surface area contributed by atoms with E-state index in [0.717, 1.165) is 29.2 Å². The molecule has 2 aromatic rings. The Kier molecular flexibility index (Phi) is 6.67. The smallest absolute Gasteiger partial charge is 0.220 e. The minimum atomic E-state index is 0.0669. The largest absolute Gasteiger partial charge is 0.486 e. The molecule has 1 fully saturated rings. The molecule has 2 aromatic carbocycles. The summed E-state index contributed by atoms with van der Waals surface area (Å²) in [6, 6.07) is 14.5. The molecule has 0 radical (unpaired) electrons. The van der Waals surface area contributed by atoms with Crippen LogP contribution < -0.4 is 14.8 Å². The molecule has 1 amide bonds. The molecule has 2 aliphatic heterocycles. The molecular weight excluding hydrogens is 364 g/mol. The molecule has 1 saturated heterocycles. The van der Waals surface area contributed by atoms with Gasteiger partial charge in [-0.25, -0.2) is 0 Å². The van der Waals surface area contributed by atoms with E-state index in [1.165, 1.54) is 37.9 Å². The van der Waals surface area contributed by atoms with E-state index in [1.54, 1.807) is 0 Å². The number of carbonyl (C=O) groups excluding carboxylic acids is 1. The van der Waals surface area contributed by atoms with Crippen molar-refractivity contribution in [3.8, 4) is 11.5 Å². The summed E-state index contributed by atoms with van der Waals surface area (Å²) in [5.41, 5.74) is 3.58. The average Bonchev–Trinajstić information content (AvgIpc) is 2.78. The molecule has 154 valence electrons. The molecular formula is C24H30N2O3. The summed E-state index contributed by atoms with van der Waals surface area (Å²) >= 11 is 0. The molecule has 0 atom stereocenters. The Bertz CT molecular complexity index is 813. The lowest BCUT2D eigenvalue weighted by molar-refractivity contribution is -0.121. The molecule has 29 heavy (non-hydrogen) atoms. The standard InChI is InChI=1S/C24H30N2O3/c27-24(11-9-19-8-10-22-23(16-19)29-15-14-28-22)25-17-20-4-6-21(7-5-20)18-26-12-2-1-3-13-26/h4-8,10,16H,1-3,9,11-15,17-18H2,(H,25,27). The number of nitrogens with one attached hydrogen (secondary N) is 1. The first-order valence-corrected chi connectivity index (χ1v) is 10.7. The van der Waals surface area contributed by atoms with Crippen molar-refractivity contribution in [2.75, 3.05) is 26.3 Å². The Labute approximate surface area is 173 Å². The lowest BCUT2D eigenvalue weighted by Gasteiger charge is -2.26. The van der Waals surface area contributed by atoms with Crippen molar-refractivity contribution in [3.05, 3.63) is 59.2 Å². The number of rotatable bonds is 7. The maximum atomic E-state index is 12.2. The van der Waals surface area contributed by atoms with Gasteiger partial charge in [0.1, 0.15) is 13.2 Å². The predicted octanol–water partition coefficient (Wildman–Crippen LogP) is 3.69. The van der Waals surface area contributed by atoms with Crippen LogP contribution in [0.4, 0.5) is 0 Å². The number of hydrogen-bond donors (Lipinski definition) is 1. The van der Waals surface area contributed by atoms with Crippen LogP contribution in [0.25, 0.3) is 0 Å². The van der Waals surface area contributed by atoms with E-state index < -0.39 is 0 Å². The van der Waals surface area contributed by atoms with Crippen molar-refractivity contribution in [2.24, 2.45) is 0 Å². The zero-order valence-corrected chi connectivity index (χ0v) is 17.0. The van der Waals surface area contributed by atoms with E-state index in [9.17, 15) is 4.79 Å². The van der Waals surface area contributed by atoms with Gasteiger partial charge in [-0.1, -0.05) is 36.8 Å². The Morgan fingerprint density at radius 2 is 1.55 bits per heavy atom. The van der Waals surface area contributed by atoms with Crippen molar-refractivity contribution >= 4 is 5.91 Å². The maximum absolute atomic E-state index is 12.2. The maximum Gasteiger partial charge on any atom is 0.220 e. The molecule has 5 nitrogen and oxygen atoms in total. The van der Waals surface area contributed by atoms with Gasteiger partial charge in [-0.05, 0) is 61.2 Å². The van der Waals surface area contributed by atoms with Crippen molar-refractivity contribution in [3.63, 3.8) is 0 Å². The van der Waals surface area contributed by atoms with Gasteiger partial charge in [-0.2, -0.15) is 0 Å². The molecule has 0 saturated carbocycles. The fraction of sp³-hybridized carbons (Fsp3) is 0.458. The zero-order chi connectivity index (χ0) is 19.9. The minimum absolute atomic E-state index is 0.0669. The second-order valence-electron chi connectivity index (χ2n) is 7.91. The number of hydrogen-bond acceptors (Lipinski definition) is 4. The fourth-order valence-corrected chi connectivity index (χ4v) is 3.93. The average molecular weight is 395 g/mol. The molecule has 0 bridgehead atoms. The molecule has 2 heterocycles. The van der Waals surface area contributed by atoms with Crippen LogP contribution >= 0.6 is 0 Å². The summed E-state index contributed by atoms with van der Waals surface area (Å²) in [5, 5.41) is 3.03. The SMILES string of the molecule is O=C(CCc1ccc2c(c1)OCCO2)NCc1ccc(CN2CCCCC2)cc1. The van der Waals surface area contributed by atoms with Crippen molar-refractivity contribution < 1.29 is 14.3 Å². The normalized spacial score (nSPS) is 16.4. The van der Waals surface area contributed by atoms with E-state index in [4.69, 9.17) is 9.47 Å². The quantitative estimate of drug-likeness (QED) is 0.778. The van der Waals surface area contributed by atoms with Crippen LogP contribution in [0.1, 0.15) is 42.4 Å². The molecule has 5 heteroatoms. The number of amides is 1. The van der Waals surface area contributed by atoms with Gasteiger partial charge in [0.05, 0.1) is 0 Å². The van der Waals surface area contributed by atoms with Crippen LogP contribution in [-0.4, -0.2) is 37.1 Å². The van der Waals surface area contributed by atoms with Crippen molar-refractivity contribution in [1.82, 2.24) is 10.2 Å². The summed E-state index contributed by atoms with van der Waals surface area (Å²) in [5.74, 6) is 1.63. The van der Waals surface area contributed by atoms with Crippen LogP contribution in [-0.2, 0) is 24.3 Å². The van der Waals surface area contributed by atoms with Gasteiger partial charge in [-0.15, -0.1) is 0 Å². The Balaban J connectivity index is 1.20. The monoisotopic (exact) mass is 394 g/mol. The Hall–Kier alpha value is -2.53. The number of aryl methyl sites for hydroxylation is 1. The minimum Gasteiger partial charge on any atom is -0.486 e. The van der Waals surface area contributed by atoms with Gasteiger partial charge in [0.2, 0.25) is 5.91 Å². The topological polar surface area (TPSA) is 50.8 Å². The van der Waals surface area contributed by atoms with E-state index in [1.807, 2.05) is 18.2 Å². The third-order valence-corrected chi connectivity index (χ3v) is 5.61. The third-order valence-electron chi connectivity index (χ3n) is 5.61. The van der Waals surface area contributed by atoms with Gasteiger partial charge >= 0.3 is 0 Å². The first-order valence-electron chi connectivity index (χ1n) is 10.7. The second kappa shape index (κ2) is 9.79. The molecule has 0 spiro atoms. The summed E-state index contributed by atoms with van der Waals surface area (Å²) in [7, 11) is 0. The highest BCUT2D eigenvalue weighted by Crippen LogP contribution is 2.31. The fourth-order valence-electron chi connectivity index (χ4n) is 3.93. The molecule has 2 aliphatic rings. The number of nitrogens with zero attached hydrogens (tertiary/aromatic N) is 1. The lowest BCUT2D eigenvalue weighted by Crippen LogP contribution is -2.29. The van der Waals surface area contributed by atoms with Crippen molar-refractivity contribution in [2.45, 2.75) is 45.2 Å². The number of likely N-dealkylation sites (tertiary alicyclic amines) is 1. The molecule has 4 rings (SSSR count). The summed E-state index contributed by atoms with van der Waals surface area (Å²) < 4.78 is 11.1. The highest BCUT2D eigenvalue weighted by Gasteiger charge is 2.13. The first kappa shape index (κ1) is 19.8. The van der Waals surface area contributed by atoms with Crippen LogP contribution in [0.2, 0.25) is 0 Å². The van der Waals surface area contributed by atoms with Gasteiger partial charge in [0.25, 0.3) is 0 Å². The molecule has 0 aromatic heterocycles. The molecule has 0 aliphatic carbocycles. The second-order valence-corrected chi connectivity index (χ2v) is 7.91. The van der Waals surface area contributed by atoms with E-state index >= 15 is 0 Å². The van der Waals surface area contributed by atoms with Gasteiger partial charge < -0.3 is 14.8 Å². The number of carbonyl (C=O) groups is 1. The zero-order valence-electron chi connectivity index (χ0n) is 17.0. The molecule has 1 N–H and O–H groups in total. The summed E-state index contributed by atoms with van der Waals surface area (Å²) in [6.07, 6.45) is 5.15. The highest BCUT2D eigenvalue weighted by atomic mass is 16.6. The van der Waals surface area contributed by atoms with Crippen LogP contribution in [0.15, 0.2) is 42.5 Å². The van der Waals surface area contributed by atoms with Gasteiger partial charge in [0.15, 0.2) is 11.5 Å². The van der Waals surface area contributed by atoms with E-state index in [2.05, 4.69) is 34.5 Å². The van der Waals surface area contributed by atoms with E-state index in [-0.39, 0.29) is 5.91 Å². The molecule has 0 unspecified atom stereocenters.